The molecule has 0 saturated carbocycles. The third-order valence-electron chi connectivity index (χ3n) is 4.04. The van der Waals surface area contributed by atoms with Gasteiger partial charge in [-0.2, -0.15) is 4.31 Å². The van der Waals surface area contributed by atoms with Gasteiger partial charge in [0.15, 0.2) is 0 Å². The molecule has 1 aromatic rings. The minimum atomic E-state index is -3.67. The molecule has 6 nitrogen and oxygen atoms in total. The number of sulfonamides is 1. The van der Waals surface area contributed by atoms with Crippen LogP contribution < -0.4 is 5.73 Å². The van der Waals surface area contributed by atoms with Crippen molar-refractivity contribution in [2.75, 3.05) is 26.2 Å². The Kier molecular flexibility index (Phi) is 5.95. The van der Waals surface area contributed by atoms with Crippen molar-refractivity contribution in [3.05, 3.63) is 30.1 Å². The monoisotopic (exact) mass is 357 g/mol. The molecule has 0 aromatic heterocycles. The topological polar surface area (TPSA) is 83.7 Å². The highest BCUT2D eigenvalue weighted by molar-refractivity contribution is 7.89. The van der Waals surface area contributed by atoms with Crippen LogP contribution >= 0.6 is 0 Å². The summed E-state index contributed by atoms with van der Waals surface area (Å²) >= 11 is 0. The lowest BCUT2D eigenvalue weighted by Crippen LogP contribution is -2.54. The number of hydrogen-bond acceptors (Lipinski definition) is 4. The molecule has 1 aliphatic rings. The van der Waals surface area contributed by atoms with Gasteiger partial charge in [0, 0.05) is 26.2 Å². The summed E-state index contributed by atoms with van der Waals surface area (Å²) in [6, 6.07) is 4.20. The summed E-state index contributed by atoms with van der Waals surface area (Å²) in [7, 11) is -3.67. The molecule has 1 aromatic carbocycles. The Morgan fingerprint density at radius 2 is 1.71 bits per heavy atom. The molecule has 1 aliphatic heterocycles. The summed E-state index contributed by atoms with van der Waals surface area (Å²) in [5, 5.41) is 0. The molecule has 0 bridgehead atoms. The minimum Gasteiger partial charge on any atom is -0.339 e. The van der Waals surface area contributed by atoms with Gasteiger partial charge >= 0.3 is 0 Å². The molecule has 134 valence electrons. The first-order chi connectivity index (χ1) is 11.2. The number of nitrogens with two attached hydrogens (primary N) is 1. The van der Waals surface area contributed by atoms with E-state index in [1.54, 1.807) is 4.90 Å². The van der Waals surface area contributed by atoms with Gasteiger partial charge in [-0.3, -0.25) is 4.79 Å². The first kappa shape index (κ1) is 18.8. The van der Waals surface area contributed by atoms with Crippen molar-refractivity contribution in [1.29, 1.82) is 0 Å². The zero-order chi connectivity index (χ0) is 17.9. The lowest BCUT2D eigenvalue weighted by Gasteiger charge is -2.35. The van der Waals surface area contributed by atoms with Crippen LogP contribution in [0.3, 0.4) is 0 Å². The van der Waals surface area contributed by atoms with E-state index in [9.17, 15) is 17.6 Å². The number of halogens is 1. The van der Waals surface area contributed by atoms with Crippen molar-refractivity contribution in [1.82, 2.24) is 9.21 Å². The molecule has 0 spiro atoms. The van der Waals surface area contributed by atoms with E-state index < -0.39 is 21.9 Å². The molecule has 0 radical (unpaired) electrons. The van der Waals surface area contributed by atoms with Crippen molar-refractivity contribution < 1.29 is 17.6 Å². The van der Waals surface area contributed by atoms with Crippen molar-refractivity contribution in [2.24, 2.45) is 11.7 Å². The summed E-state index contributed by atoms with van der Waals surface area (Å²) in [6.45, 7) is 5.04. The lowest BCUT2D eigenvalue weighted by atomic mass is 10.0. The maximum atomic E-state index is 13.0. The first-order valence-corrected chi connectivity index (χ1v) is 9.46. The van der Waals surface area contributed by atoms with Crippen LogP contribution in [0.4, 0.5) is 4.39 Å². The third kappa shape index (κ3) is 4.31. The Hall–Kier alpha value is -1.51. The number of benzene rings is 1. The van der Waals surface area contributed by atoms with Crippen LogP contribution in [0.2, 0.25) is 0 Å². The highest BCUT2D eigenvalue weighted by atomic mass is 32.2. The number of nitrogens with zero attached hydrogens (tertiary/aromatic N) is 2. The van der Waals surface area contributed by atoms with Gasteiger partial charge in [-0.05, 0) is 36.6 Å². The van der Waals surface area contributed by atoms with Crippen LogP contribution in [0.1, 0.15) is 20.3 Å². The summed E-state index contributed by atoms with van der Waals surface area (Å²) in [5.41, 5.74) is 5.92. The number of carbonyl (C=O) groups excluding carboxylic acids is 1. The highest BCUT2D eigenvalue weighted by Gasteiger charge is 2.31. The Morgan fingerprint density at radius 3 is 2.21 bits per heavy atom. The predicted octanol–water partition coefficient (Wildman–Crippen LogP) is 1.03. The van der Waals surface area contributed by atoms with Gasteiger partial charge in [0.1, 0.15) is 5.82 Å². The second-order valence-corrected chi connectivity index (χ2v) is 8.36. The van der Waals surface area contributed by atoms with Crippen LogP contribution in [0, 0.1) is 11.7 Å². The van der Waals surface area contributed by atoms with Gasteiger partial charge in [-0.1, -0.05) is 13.8 Å². The molecule has 1 heterocycles. The van der Waals surface area contributed by atoms with Crippen LogP contribution in [-0.2, 0) is 14.8 Å². The van der Waals surface area contributed by atoms with Gasteiger partial charge in [0.2, 0.25) is 15.9 Å². The summed E-state index contributed by atoms with van der Waals surface area (Å²) in [6.07, 6.45) is 0.604. The average Bonchev–Trinajstić information content (AvgIpc) is 2.54. The smallest absolute Gasteiger partial charge is 0.243 e. The average molecular weight is 357 g/mol. The number of rotatable bonds is 5. The van der Waals surface area contributed by atoms with Gasteiger partial charge in [-0.15, -0.1) is 0 Å². The van der Waals surface area contributed by atoms with Crippen molar-refractivity contribution in [2.45, 2.75) is 31.2 Å². The molecule has 1 amide bonds. The fraction of sp³-hybridized carbons (Fsp3) is 0.562. The molecule has 2 N–H and O–H groups in total. The Labute approximate surface area is 142 Å². The van der Waals surface area contributed by atoms with E-state index in [2.05, 4.69) is 0 Å². The van der Waals surface area contributed by atoms with E-state index in [-0.39, 0.29) is 23.9 Å². The molecule has 2 rings (SSSR count). The fourth-order valence-electron chi connectivity index (χ4n) is 2.75. The standard InChI is InChI=1S/C16H24FN3O3S/c1-12(2)11-15(18)16(21)19-7-9-20(10-8-19)24(22,23)14-5-3-13(17)4-6-14/h3-6,12,15H,7-11,18H2,1-2H3/t15-/m0/s1. The van der Waals surface area contributed by atoms with E-state index >= 15 is 0 Å². The zero-order valence-electron chi connectivity index (χ0n) is 14.0. The molecule has 0 aliphatic carbocycles. The van der Waals surface area contributed by atoms with Gasteiger partial charge in [0.05, 0.1) is 10.9 Å². The molecule has 1 atom stereocenters. The maximum Gasteiger partial charge on any atom is 0.243 e. The zero-order valence-corrected chi connectivity index (χ0v) is 14.8. The summed E-state index contributed by atoms with van der Waals surface area (Å²) < 4.78 is 39.3. The second kappa shape index (κ2) is 7.58. The van der Waals surface area contributed by atoms with Gasteiger partial charge in [-0.25, -0.2) is 12.8 Å². The largest absolute Gasteiger partial charge is 0.339 e. The SMILES string of the molecule is CC(C)C[C@H](N)C(=O)N1CCN(S(=O)(=O)c2ccc(F)cc2)CC1. The molecule has 24 heavy (non-hydrogen) atoms. The lowest BCUT2D eigenvalue weighted by molar-refractivity contribution is -0.134. The third-order valence-corrected chi connectivity index (χ3v) is 5.96. The van der Waals surface area contributed by atoms with Crippen LogP contribution in [0.25, 0.3) is 0 Å². The van der Waals surface area contributed by atoms with Crippen molar-refractivity contribution >= 4 is 15.9 Å². The van der Waals surface area contributed by atoms with Crippen molar-refractivity contribution in [3.8, 4) is 0 Å². The van der Waals surface area contributed by atoms with E-state index in [0.29, 0.717) is 25.4 Å². The summed E-state index contributed by atoms with van der Waals surface area (Å²) in [4.78, 5) is 14.0. The quantitative estimate of drug-likeness (QED) is 0.853. The number of amides is 1. The predicted molar refractivity (Wildman–Crippen MR) is 89.2 cm³/mol. The Balaban J connectivity index is 1.99. The summed E-state index contributed by atoms with van der Waals surface area (Å²) in [5.74, 6) is -0.296. The molecule has 8 heteroatoms. The Bertz CT molecular complexity index is 668. The fourth-order valence-corrected chi connectivity index (χ4v) is 4.17. The van der Waals surface area contributed by atoms with E-state index in [4.69, 9.17) is 5.73 Å². The van der Waals surface area contributed by atoms with E-state index in [0.717, 1.165) is 12.1 Å². The van der Waals surface area contributed by atoms with E-state index in [1.807, 2.05) is 13.8 Å². The van der Waals surface area contributed by atoms with Crippen LogP contribution in [-0.4, -0.2) is 55.8 Å². The molecule has 1 saturated heterocycles. The first-order valence-electron chi connectivity index (χ1n) is 8.02. The second-order valence-electron chi connectivity index (χ2n) is 6.42. The molecular formula is C16H24FN3O3S. The molecule has 0 unspecified atom stereocenters. The highest BCUT2D eigenvalue weighted by Crippen LogP contribution is 2.18. The van der Waals surface area contributed by atoms with Crippen LogP contribution in [0.15, 0.2) is 29.2 Å². The minimum absolute atomic E-state index is 0.0557. The molecular weight excluding hydrogens is 333 g/mol. The van der Waals surface area contributed by atoms with Gasteiger partial charge < -0.3 is 10.6 Å². The van der Waals surface area contributed by atoms with Crippen molar-refractivity contribution in [3.63, 3.8) is 0 Å². The van der Waals surface area contributed by atoms with Gasteiger partial charge in [0.25, 0.3) is 0 Å². The number of carbonyl (C=O) groups is 1. The molecule has 1 fully saturated rings. The van der Waals surface area contributed by atoms with E-state index in [1.165, 1.54) is 16.4 Å². The number of piperazine rings is 1. The van der Waals surface area contributed by atoms with Crippen LogP contribution in [0.5, 0.6) is 0 Å². The Morgan fingerprint density at radius 1 is 1.17 bits per heavy atom. The number of hydrogen-bond donors (Lipinski definition) is 1. The maximum absolute atomic E-state index is 13.0. The normalized spacial score (nSPS) is 18.0.